The molecule has 0 saturated carbocycles. The number of halogens is 1. The quantitative estimate of drug-likeness (QED) is 0.0348. The zero-order chi connectivity index (χ0) is 37.6. The van der Waals surface area contributed by atoms with E-state index >= 15 is 0 Å². The molecule has 3 heterocycles. The molecular formula is C37H58FN6O7P. The van der Waals surface area contributed by atoms with Gasteiger partial charge in [0.2, 0.25) is 0 Å². The van der Waals surface area contributed by atoms with Gasteiger partial charge >= 0.3 is 19.8 Å². The number of nitrogens with two attached hydrogens (primary N) is 1. The third-order valence-electron chi connectivity index (χ3n) is 9.50. The van der Waals surface area contributed by atoms with Gasteiger partial charge in [-0.3, -0.25) is 13.9 Å². The maximum Gasteiger partial charge on any atom is 0.459 e. The molecule has 1 aromatic carbocycles. The van der Waals surface area contributed by atoms with Crippen LogP contribution in [0, 0.1) is 6.08 Å². The van der Waals surface area contributed by atoms with Crippen LogP contribution in [0.2, 0.25) is 0 Å². The van der Waals surface area contributed by atoms with Crippen LogP contribution >= 0.6 is 7.75 Å². The van der Waals surface area contributed by atoms with E-state index in [1.165, 1.54) is 62.3 Å². The fraction of sp³-hybridized carbons (Fsp3) is 0.676. The van der Waals surface area contributed by atoms with Gasteiger partial charge in [-0.15, -0.1) is 0 Å². The van der Waals surface area contributed by atoms with Crippen molar-refractivity contribution in [2.75, 3.05) is 12.3 Å². The van der Waals surface area contributed by atoms with Crippen molar-refractivity contribution in [2.45, 2.75) is 154 Å². The Morgan fingerprint density at radius 3 is 2.31 bits per heavy atom. The number of rotatable bonds is 24. The summed E-state index contributed by atoms with van der Waals surface area (Å²) in [5, 5.41) is 13.9. The minimum Gasteiger partial charge on any atom is -0.461 e. The normalized spacial score (nSPS) is 20.7. The van der Waals surface area contributed by atoms with Gasteiger partial charge in [0.05, 0.1) is 19.0 Å². The van der Waals surface area contributed by atoms with E-state index in [4.69, 9.17) is 24.3 Å². The van der Waals surface area contributed by atoms with Crippen molar-refractivity contribution in [1.82, 2.24) is 24.6 Å². The zero-order valence-electron chi connectivity index (χ0n) is 31.2. The summed E-state index contributed by atoms with van der Waals surface area (Å²) < 4.78 is 53.9. The van der Waals surface area contributed by atoms with Gasteiger partial charge in [0, 0.05) is 6.42 Å². The number of anilines is 1. The fourth-order valence-corrected chi connectivity index (χ4v) is 7.93. The Morgan fingerprint density at radius 1 is 1.06 bits per heavy atom. The second kappa shape index (κ2) is 20.3. The topological polar surface area (TPSA) is 173 Å². The maximum absolute atomic E-state index is 14.4. The molecule has 15 heteroatoms. The molecule has 1 aliphatic rings. The fourth-order valence-electron chi connectivity index (χ4n) is 6.35. The summed E-state index contributed by atoms with van der Waals surface area (Å²) in [6.45, 7) is 7.17. The van der Waals surface area contributed by atoms with Crippen molar-refractivity contribution in [3.05, 3.63) is 42.7 Å². The predicted molar refractivity (Wildman–Crippen MR) is 198 cm³/mol. The van der Waals surface area contributed by atoms with Crippen molar-refractivity contribution in [3.63, 3.8) is 0 Å². The number of hydrogen-bond donors (Lipinski definition) is 3. The molecule has 4 N–H and O–H groups in total. The standard InChI is InChI=1S/C37H58FN6O7P/c1-5-7-9-11-13-16-20-28(21-17-14-12-10-8-6-2)49-35(46)27(3)43-52(47,51-29-22-18-15-19-23-29)48-25-37(4)30(45)24-31(50-37)44-26-40-32-33(39)41-36(38)42-34(32)44/h15,18-19,22-23,26-28,30-31,45H,5-14,16-17,20-21,24-25H2,1-4H3,(H,43,47)(H2,39,41,42)/t27-,30-,31+,37+,52-/m0/s1. The summed E-state index contributed by atoms with van der Waals surface area (Å²) in [6, 6.07) is 7.42. The van der Waals surface area contributed by atoms with E-state index in [2.05, 4.69) is 33.9 Å². The van der Waals surface area contributed by atoms with E-state index < -0.39 is 43.8 Å². The number of nitrogens with zero attached hydrogens (tertiary/aromatic N) is 4. The van der Waals surface area contributed by atoms with Crippen molar-refractivity contribution in [1.29, 1.82) is 0 Å². The molecule has 1 aliphatic heterocycles. The maximum atomic E-state index is 14.4. The summed E-state index contributed by atoms with van der Waals surface area (Å²) >= 11 is 0. The third kappa shape index (κ3) is 12.2. The van der Waals surface area contributed by atoms with E-state index in [9.17, 15) is 18.9 Å². The first-order chi connectivity index (χ1) is 25.0. The average Bonchev–Trinajstić information content (AvgIpc) is 3.67. The van der Waals surface area contributed by atoms with Gasteiger partial charge in [0.15, 0.2) is 17.0 Å². The first-order valence-corrected chi connectivity index (χ1v) is 20.5. The first-order valence-electron chi connectivity index (χ1n) is 19.0. The number of ether oxygens (including phenoxy) is 2. The molecular weight excluding hydrogens is 690 g/mol. The van der Waals surface area contributed by atoms with Crippen molar-refractivity contribution in [3.8, 4) is 5.75 Å². The molecule has 290 valence electrons. The molecule has 0 aliphatic carbocycles. The Bertz CT molecular complexity index is 1570. The van der Waals surface area contributed by atoms with Crippen LogP contribution in [0.1, 0.15) is 130 Å². The highest BCUT2D eigenvalue weighted by Crippen LogP contribution is 2.48. The summed E-state index contributed by atoms with van der Waals surface area (Å²) in [5.41, 5.74) is 4.72. The van der Waals surface area contributed by atoms with E-state index in [0.717, 1.165) is 38.5 Å². The molecule has 5 atom stereocenters. The number of nitrogens with one attached hydrogen (secondary N) is 1. The number of nitrogen functional groups attached to an aromatic ring is 1. The Morgan fingerprint density at radius 2 is 1.67 bits per heavy atom. The highest BCUT2D eigenvalue weighted by molar-refractivity contribution is 7.52. The van der Waals surface area contributed by atoms with Crippen LogP contribution in [0.4, 0.5) is 10.2 Å². The molecule has 2 aromatic heterocycles. The lowest BCUT2D eigenvalue weighted by atomic mass is 10.0. The molecule has 3 aromatic rings. The van der Waals surface area contributed by atoms with Crippen LogP contribution < -0.4 is 15.3 Å². The van der Waals surface area contributed by atoms with Gasteiger partial charge < -0.3 is 24.8 Å². The van der Waals surface area contributed by atoms with Gasteiger partial charge in [-0.05, 0) is 51.7 Å². The molecule has 1 saturated heterocycles. The minimum atomic E-state index is -4.27. The number of carbonyl (C=O) groups excluding carboxylic acids is 1. The largest absolute Gasteiger partial charge is 0.461 e. The van der Waals surface area contributed by atoms with Gasteiger partial charge in [0.25, 0.3) is 0 Å². The number of para-hydroxylation sites is 1. The number of esters is 1. The number of unbranched alkanes of at least 4 members (excludes halogenated alkanes) is 10. The number of aromatic nitrogens is 4. The van der Waals surface area contributed by atoms with Gasteiger partial charge in [-0.1, -0.05) is 96.3 Å². The number of aliphatic hydroxyl groups excluding tert-OH is 1. The first kappa shape index (κ1) is 41.6. The molecule has 0 amide bonds. The van der Waals surface area contributed by atoms with Gasteiger partial charge in [-0.25, -0.2) is 9.55 Å². The van der Waals surface area contributed by atoms with Crippen LogP contribution in [-0.4, -0.2) is 61.1 Å². The number of imidazole rings is 1. The van der Waals surface area contributed by atoms with Gasteiger partial charge in [0.1, 0.15) is 29.7 Å². The average molecular weight is 749 g/mol. The summed E-state index contributed by atoms with van der Waals surface area (Å²) in [5.74, 6) is -0.422. The summed E-state index contributed by atoms with van der Waals surface area (Å²) in [6.07, 6.45) is 13.5. The Balaban J connectivity index is 1.42. The highest BCUT2D eigenvalue weighted by Gasteiger charge is 2.48. The number of aliphatic hydroxyl groups is 1. The highest BCUT2D eigenvalue weighted by atomic mass is 31.2. The lowest BCUT2D eigenvalue weighted by Crippen LogP contribution is -2.42. The monoisotopic (exact) mass is 748 g/mol. The van der Waals surface area contributed by atoms with Gasteiger partial charge in [-0.2, -0.15) is 19.4 Å². The molecule has 0 unspecified atom stereocenters. The summed E-state index contributed by atoms with van der Waals surface area (Å²) in [4.78, 5) is 25.0. The second-order valence-corrected chi connectivity index (χ2v) is 15.7. The lowest BCUT2D eigenvalue weighted by Gasteiger charge is -2.30. The number of hydrogen-bond acceptors (Lipinski definition) is 11. The SMILES string of the molecule is CCCCCCCCC(CCCCCCCC)OC(=O)[C@H](C)N[P@](=O)(OC[C@@]1(C)O[C@@H](n2cnc3c(N)nc(F)nc32)C[C@@H]1O)Oc1ccccc1. The van der Waals surface area contributed by atoms with E-state index in [1.807, 2.05) is 0 Å². The van der Waals surface area contributed by atoms with E-state index in [-0.39, 0.29) is 41.9 Å². The van der Waals surface area contributed by atoms with Crippen LogP contribution in [-0.2, 0) is 23.4 Å². The predicted octanol–water partition coefficient (Wildman–Crippen LogP) is 8.18. The summed E-state index contributed by atoms with van der Waals surface area (Å²) in [7, 11) is -4.27. The Kier molecular flexibility index (Phi) is 16.3. The second-order valence-electron chi connectivity index (χ2n) is 14.0. The molecule has 13 nitrogen and oxygen atoms in total. The van der Waals surface area contributed by atoms with Crippen LogP contribution in [0.5, 0.6) is 5.75 Å². The van der Waals surface area contributed by atoms with Crippen molar-refractivity contribution < 1.29 is 37.4 Å². The Labute approximate surface area is 307 Å². The van der Waals surface area contributed by atoms with Crippen LogP contribution in [0.3, 0.4) is 0 Å². The third-order valence-corrected chi connectivity index (χ3v) is 11.1. The van der Waals surface area contributed by atoms with Crippen molar-refractivity contribution >= 4 is 30.7 Å². The molecule has 0 bridgehead atoms. The van der Waals surface area contributed by atoms with E-state index in [0.29, 0.717) is 0 Å². The van der Waals surface area contributed by atoms with Crippen molar-refractivity contribution in [2.24, 2.45) is 0 Å². The molecule has 4 rings (SSSR count). The molecule has 52 heavy (non-hydrogen) atoms. The van der Waals surface area contributed by atoms with Crippen LogP contribution in [0.25, 0.3) is 11.2 Å². The lowest BCUT2D eigenvalue weighted by molar-refractivity contribution is -0.151. The number of carbonyl (C=O) groups is 1. The zero-order valence-corrected chi connectivity index (χ0v) is 32.1. The van der Waals surface area contributed by atoms with E-state index in [1.54, 1.807) is 44.2 Å². The van der Waals surface area contributed by atoms with Crippen LogP contribution in [0.15, 0.2) is 36.7 Å². The Hall–Kier alpha value is -3.16. The smallest absolute Gasteiger partial charge is 0.459 e. The molecule has 1 fully saturated rings. The number of fused-ring (bicyclic) bond motifs is 1. The molecule has 0 spiro atoms. The molecule has 0 radical (unpaired) electrons. The number of benzene rings is 1. The minimum absolute atomic E-state index is 0.0649.